The van der Waals surface area contributed by atoms with E-state index >= 15 is 0 Å². The summed E-state index contributed by atoms with van der Waals surface area (Å²) in [5, 5.41) is 15.4. The predicted molar refractivity (Wildman–Crippen MR) is 393 cm³/mol. The molecule has 0 unspecified atom stereocenters. The van der Waals surface area contributed by atoms with Crippen molar-refractivity contribution in [3.05, 3.63) is 181 Å². The number of esters is 1. The van der Waals surface area contributed by atoms with Gasteiger partial charge in [0.1, 0.15) is 17.5 Å². The average Bonchev–Trinajstić information content (AvgIpc) is 1.73. The van der Waals surface area contributed by atoms with Crippen molar-refractivity contribution in [1.29, 1.82) is 0 Å². The molecule has 21 heteroatoms. The Bertz CT molecular complexity index is 3930. The minimum atomic E-state index is -0.353. The van der Waals surface area contributed by atoms with Crippen molar-refractivity contribution in [2.45, 2.75) is 128 Å². The lowest BCUT2D eigenvalue weighted by Gasteiger charge is -2.47. The number of aromatic nitrogens is 3. The Morgan fingerprint density at radius 3 is 1.29 bits per heavy atom. The van der Waals surface area contributed by atoms with E-state index in [-0.39, 0.29) is 113 Å². The molecule has 3 aromatic heterocycles. The number of alkyl carbamates (subject to hydrolysis) is 3. The number of hydrogen-bond acceptors (Lipinski definition) is 13. The Balaban J connectivity index is 0.000000140. The molecule has 5 amide bonds. The van der Waals surface area contributed by atoms with Crippen LogP contribution in [0.25, 0.3) is 51.6 Å². The molecular weight excluding hydrogens is 1340 g/mol. The van der Waals surface area contributed by atoms with Gasteiger partial charge in [-0.25, -0.2) is 27.6 Å². The van der Waals surface area contributed by atoms with E-state index in [4.69, 9.17) is 18.9 Å². The Labute approximate surface area is 612 Å². The number of carbonyl (C=O) groups is 6. The molecular formula is C84H95F3N8O10. The van der Waals surface area contributed by atoms with Crippen LogP contribution in [0.2, 0.25) is 0 Å². The number of nitrogens with zero attached hydrogens (tertiary/aromatic N) is 3. The number of benzene rings is 3. The van der Waals surface area contributed by atoms with E-state index in [1.165, 1.54) is 36.4 Å². The number of ether oxygens (including phenoxy) is 4. The van der Waals surface area contributed by atoms with Crippen LogP contribution >= 0.6 is 0 Å². The number of allylic oxidation sites excluding steroid dienone is 2. The van der Waals surface area contributed by atoms with Crippen molar-refractivity contribution in [2.75, 3.05) is 33.0 Å². The zero-order valence-corrected chi connectivity index (χ0v) is 59.8. The van der Waals surface area contributed by atoms with E-state index in [0.717, 1.165) is 134 Å². The summed E-state index contributed by atoms with van der Waals surface area (Å²) in [6, 6.07) is 31.6. The summed E-state index contributed by atoms with van der Waals surface area (Å²) in [4.78, 5) is 87.1. The molecule has 3 aromatic carbocycles. The van der Waals surface area contributed by atoms with Gasteiger partial charge in [-0.05, 0) is 247 Å². The van der Waals surface area contributed by atoms with Crippen molar-refractivity contribution in [1.82, 2.24) is 41.5 Å². The SMILES string of the molecule is CCOC(=O)N[C@@H]1CC[C@@H]2[C@@H](C1)C[C@@H]1CNC(=O)[C@@H]1[C@H]2/C=C/c1ccc(-c2cccc(F)c2)cn1.CCOC(=O)N[C@@H]1CC[C@@H]2[C@@H](C1)C[C@@H]1COC(=O)[C@@H]1[C@H]2/C=C/c1ccc(-c2cccc(F)c2)cn1.CCOC(=O)N[C@@H]1CC[C@@H]2[C@@H](C1)C[C@H]1CC(=O)N[C@H]1[C@H]2/C=C/c1ccc(-c2cccc(F)c2)cn1. The number of cyclic esters (lactones) is 1. The fourth-order valence-corrected chi connectivity index (χ4v) is 19.1. The van der Waals surface area contributed by atoms with Gasteiger partial charge in [0, 0.05) is 90.2 Å². The molecule has 0 bridgehead atoms. The van der Waals surface area contributed by atoms with Crippen LogP contribution in [0.1, 0.15) is 121 Å². The minimum absolute atomic E-state index is 0.00590. The number of halogens is 3. The average molecular weight is 1430 g/mol. The van der Waals surface area contributed by atoms with Gasteiger partial charge in [0.2, 0.25) is 11.8 Å². The molecule has 0 radical (unpaired) electrons. The van der Waals surface area contributed by atoms with E-state index in [9.17, 15) is 41.9 Å². The number of pyridine rings is 3. The lowest BCUT2D eigenvalue weighted by atomic mass is 9.58. The van der Waals surface area contributed by atoms with Crippen LogP contribution in [-0.2, 0) is 33.3 Å². The molecule has 6 aromatic rings. The lowest BCUT2D eigenvalue weighted by Crippen LogP contribution is -2.50. The third kappa shape index (κ3) is 18.0. The van der Waals surface area contributed by atoms with Gasteiger partial charge in [0.05, 0.1) is 49.4 Å². The Kier molecular flexibility index (Phi) is 23.9. The molecule has 6 aliphatic carbocycles. The van der Waals surface area contributed by atoms with Crippen LogP contribution in [0.15, 0.2) is 146 Å². The van der Waals surface area contributed by atoms with E-state index in [0.29, 0.717) is 80.2 Å². The number of carbonyl (C=O) groups excluding carboxylic acids is 6. The topological polar surface area (TPSA) is 238 Å². The standard InChI is InChI=1S/2C28H32FN3O3.C28H31FN2O4/c1-2-35-28(34)31-23-9-10-24-19(14-23)12-20-15-26(33)32-27(20)25(24)11-8-22-7-6-18(16-30-22)17-4-3-5-21(29)13-17;1-2-35-28(34)32-23-9-10-24-19(14-23)12-20-16-31-27(33)26(20)25(24)11-8-22-7-6-18(15-30-22)17-4-3-5-21(29)13-17;1-2-34-28(33)31-23-9-10-24-19(14-23)12-20-16-35-27(32)26(20)25(24)11-8-22-7-6-18(15-30-22)17-4-3-5-21(29)13-17/h3-8,11,13,16,19-20,23-25,27H,2,9-10,12,14-15H2,1H3,(H,31,34)(H,32,33);3-8,11,13,15,19-20,23-26H,2,9-10,12,14,16H2,1H3,(H,31,33)(H,32,34);3-8,11,13,15,19-20,23-26H,2,9-10,12,14,16H2,1H3,(H,31,33)/b3*11-8+/t19-,20+,23-,24-,25+,27-;2*19-,20-,23-,24-,25+,26+/m111/s1. The molecule has 9 fully saturated rings. The summed E-state index contributed by atoms with van der Waals surface area (Å²) < 4.78 is 61.4. The number of nitrogens with one attached hydrogen (secondary N) is 5. The molecule has 105 heavy (non-hydrogen) atoms. The van der Waals surface area contributed by atoms with Gasteiger partial charge in [0.15, 0.2) is 0 Å². The quantitative estimate of drug-likeness (QED) is 0.0476. The first kappa shape index (κ1) is 73.6. The molecule has 18 nitrogen and oxygen atoms in total. The number of fused-ring (bicyclic) bond motifs is 6. The van der Waals surface area contributed by atoms with Crippen LogP contribution in [-0.4, -0.2) is 108 Å². The van der Waals surface area contributed by atoms with Gasteiger partial charge < -0.3 is 45.5 Å². The summed E-state index contributed by atoms with van der Waals surface area (Å²) >= 11 is 0. The maximum Gasteiger partial charge on any atom is 0.407 e. The molecule has 9 aliphatic rings. The predicted octanol–water partition coefficient (Wildman–Crippen LogP) is 15.0. The maximum absolute atomic E-state index is 13.6. The summed E-state index contributed by atoms with van der Waals surface area (Å²) in [6.07, 6.45) is 28.7. The minimum Gasteiger partial charge on any atom is -0.465 e. The second-order valence-electron chi connectivity index (χ2n) is 29.9. The Morgan fingerprint density at radius 2 is 0.876 bits per heavy atom. The van der Waals surface area contributed by atoms with Gasteiger partial charge in [0.25, 0.3) is 0 Å². The second kappa shape index (κ2) is 34.1. The van der Waals surface area contributed by atoms with Gasteiger partial charge in [-0.15, -0.1) is 0 Å². The van der Waals surface area contributed by atoms with E-state index in [1.807, 2.05) is 86.7 Å². The van der Waals surface area contributed by atoms with Crippen LogP contribution in [0.5, 0.6) is 0 Å². The van der Waals surface area contributed by atoms with Crippen LogP contribution < -0.4 is 26.6 Å². The molecule has 6 heterocycles. The van der Waals surface area contributed by atoms with Gasteiger partial charge in [-0.3, -0.25) is 29.3 Å². The summed E-state index contributed by atoms with van der Waals surface area (Å²) in [5.41, 5.74) is 7.42. The number of rotatable bonds is 15. The van der Waals surface area contributed by atoms with Gasteiger partial charge in [-0.2, -0.15) is 0 Å². The molecule has 3 aliphatic heterocycles. The van der Waals surface area contributed by atoms with E-state index in [1.54, 1.807) is 43.7 Å². The highest BCUT2D eigenvalue weighted by Crippen LogP contribution is 2.54. The fraction of sp³-hybridized carbons (Fsp3) is 0.464. The van der Waals surface area contributed by atoms with E-state index in [2.05, 4.69) is 59.8 Å². The molecule has 6 saturated carbocycles. The molecule has 15 rings (SSSR count). The summed E-state index contributed by atoms with van der Waals surface area (Å²) in [7, 11) is 0. The van der Waals surface area contributed by atoms with Crippen molar-refractivity contribution in [3.63, 3.8) is 0 Å². The second-order valence-corrected chi connectivity index (χ2v) is 29.9. The third-order valence-electron chi connectivity index (χ3n) is 23.6. The third-order valence-corrected chi connectivity index (χ3v) is 23.6. The fourth-order valence-electron chi connectivity index (χ4n) is 19.1. The molecule has 552 valence electrons. The molecule has 0 spiro atoms. The number of hydrogen-bond donors (Lipinski definition) is 5. The first-order chi connectivity index (χ1) is 51.0. The van der Waals surface area contributed by atoms with Crippen molar-refractivity contribution >= 4 is 54.3 Å². The summed E-state index contributed by atoms with van der Waals surface area (Å²) in [6.45, 7) is 7.72. The lowest BCUT2D eigenvalue weighted by molar-refractivity contribution is -0.143. The molecule has 5 N–H and O–H groups in total. The van der Waals surface area contributed by atoms with Crippen LogP contribution in [0, 0.1) is 100 Å². The Morgan fingerprint density at radius 1 is 0.476 bits per heavy atom. The largest absolute Gasteiger partial charge is 0.465 e. The van der Waals surface area contributed by atoms with Gasteiger partial charge in [-0.1, -0.05) is 72.8 Å². The first-order valence-electron chi connectivity index (χ1n) is 37.8. The summed E-state index contributed by atoms with van der Waals surface area (Å²) in [5.74, 6) is 3.16. The monoisotopic (exact) mass is 1430 g/mol. The first-order valence-corrected chi connectivity index (χ1v) is 37.8. The van der Waals surface area contributed by atoms with E-state index < -0.39 is 0 Å². The highest BCUT2D eigenvalue weighted by molar-refractivity contribution is 5.82. The van der Waals surface area contributed by atoms with Crippen molar-refractivity contribution in [3.8, 4) is 33.4 Å². The van der Waals surface area contributed by atoms with Crippen LogP contribution in [0.4, 0.5) is 27.6 Å². The zero-order chi connectivity index (χ0) is 73.1. The highest BCUT2D eigenvalue weighted by atomic mass is 19.1. The van der Waals surface area contributed by atoms with Crippen molar-refractivity contribution in [2.24, 2.45) is 82.9 Å². The Hall–Kier alpha value is -9.66. The highest BCUT2D eigenvalue weighted by Gasteiger charge is 2.54. The maximum atomic E-state index is 13.6. The number of amides is 5. The molecule has 18 atom stereocenters. The molecule has 3 saturated heterocycles. The van der Waals surface area contributed by atoms with Crippen LogP contribution in [0.3, 0.4) is 0 Å². The normalized spacial score (nSPS) is 29.8. The van der Waals surface area contributed by atoms with Gasteiger partial charge >= 0.3 is 24.2 Å². The smallest absolute Gasteiger partial charge is 0.407 e. The zero-order valence-electron chi connectivity index (χ0n) is 59.8. The van der Waals surface area contributed by atoms with Crippen molar-refractivity contribution < 1.29 is 60.9 Å².